The molecule has 0 aliphatic heterocycles. The minimum atomic E-state index is -0.459. The number of rotatable bonds is 4. The lowest BCUT2D eigenvalue weighted by atomic mass is 10.0. The van der Waals surface area contributed by atoms with Crippen molar-refractivity contribution >= 4 is 50.9 Å². The van der Waals surface area contributed by atoms with Gasteiger partial charge in [-0.05, 0) is 48.0 Å². The second-order valence-corrected chi connectivity index (χ2v) is 7.94. The van der Waals surface area contributed by atoms with E-state index in [9.17, 15) is 4.79 Å². The zero-order chi connectivity index (χ0) is 20.8. The molecule has 5 rings (SSSR count). The molecule has 0 aliphatic rings. The number of benzene rings is 3. The maximum atomic E-state index is 12.1. The Labute approximate surface area is 182 Å². The SMILES string of the molecule is NC(=O)c1cccc2c1c1ccc(-c3ccco3)cc1n2Cc1ccc(Cl)cc1Cl. The van der Waals surface area contributed by atoms with Crippen molar-refractivity contribution in [2.45, 2.75) is 6.54 Å². The molecular formula is C24H16Cl2N2O2. The maximum Gasteiger partial charge on any atom is 0.249 e. The highest BCUT2D eigenvalue weighted by molar-refractivity contribution is 6.35. The third-order valence-corrected chi connectivity index (χ3v) is 5.89. The fraction of sp³-hybridized carbons (Fsp3) is 0.0417. The molecule has 0 fully saturated rings. The number of hydrogen-bond acceptors (Lipinski definition) is 2. The van der Waals surface area contributed by atoms with Crippen LogP contribution in [0.3, 0.4) is 0 Å². The summed E-state index contributed by atoms with van der Waals surface area (Å²) in [5.41, 5.74) is 9.90. The summed E-state index contributed by atoms with van der Waals surface area (Å²) < 4.78 is 7.71. The van der Waals surface area contributed by atoms with E-state index >= 15 is 0 Å². The molecule has 0 saturated heterocycles. The fourth-order valence-corrected chi connectivity index (χ4v) is 4.40. The average Bonchev–Trinajstić information content (AvgIpc) is 3.36. The van der Waals surface area contributed by atoms with Crippen molar-refractivity contribution in [2.24, 2.45) is 5.73 Å². The van der Waals surface area contributed by atoms with Crippen LogP contribution in [0.15, 0.2) is 77.4 Å². The molecule has 0 radical (unpaired) electrons. The number of furan rings is 1. The highest BCUT2D eigenvalue weighted by Crippen LogP contribution is 2.36. The number of carbonyl (C=O) groups is 1. The Hall–Kier alpha value is -3.21. The van der Waals surface area contributed by atoms with Crippen LogP contribution in [0.25, 0.3) is 33.1 Å². The largest absolute Gasteiger partial charge is 0.464 e. The van der Waals surface area contributed by atoms with Crippen molar-refractivity contribution in [2.75, 3.05) is 0 Å². The summed E-state index contributed by atoms with van der Waals surface area (Å²) in [5.74, 6) is 0.313. The minimum Gasteiger partial charge on any atom is -0.464 e. The molecule has 4 nitrogen and oxygen atoms in total. The fourth-order valence-electron chi connectivity index (χ4n) is 3.94. The Morgan fingerprint density at radius 2 is 1.83 bits per heavy atom. The molecule has 3 aromatic carbocycles. The number of halogens is 2. The van der Waals surface area contributed by atoms with E-state index in [-0.39, 0.29) is 0 Å². The lowest BCUT2D eigenvalue weighted by Crippen LogP contribution is -2.11. The predicted octanol–water partition coefficient (Wildman–Crippen LogP) is 6.51. The number of nitrogens with zero attached hydrogens (tertiary/aromatic N) is 1. The Balaban J connectivity index is 1.82. The number of amides is 1. The lowest BCUT2D eigenvalue weighted by Gasteiger charge is -2.10. The molecule has 0 bridgehead atoms. The molecule has 2 aromatic heterocycles. The van der Waals surface area contributed by atoms with Crippen molar-refractivity contribution in [1.29, 1.82) is 0 Å². The Morgan fingerprint density at radius 3 is 2.57 bits per heavy atom. The molecular weight excluding hydrogens is 419 g/mol. The van der Waals surface area contributed by atoms with E-state index in [0.717, 1.165) is 38.7 Å². The predicted molar refractivity (Wildman–Crippen MR) is 121 cm³/mol. The van der Waals surface area contributed by atoms with Crippen LogP contribution < -0.4 is 5.73 Å². The van der Waals surface area contributed by atoms with Crippen LogP contribution >= 0.6 is 23.2 Å². The molecule has 0 atom stereocenters. The van der Waals surface area contributed by atoms with Crippen LogP contribution in [0.4, 0.5) is 0 Å². The minimum absolute atomic E-state index is 0.459. The number of aromatic nitrogens is 1. The first-order chi connectivity index (χ1) is 14.5. The Kier molecular flexibility index (Phi) is 4.54. The topological polar surface area (TPSA) is 61.2 Å². The van der Waals surface area contributed by atoms with Gasteiger partial charge in [0.25, 0.3) is 0 Å². The van der Waals surface area contributed by atoms with Crippen LogP contribution in [-0.2, 0) is 6.54 Å². The highest BCUT2D eigenvalue weighted by atomic mass is 35.5. The van der Waals surface area contributed by atoms with Crippen LogP contribution in [-0.4, -0.2) is 10.5 Å². The van der Waals surface area contributed by atoms with Crippen molar-refractivity contribution in [3.8, 4) is 11.3 Å². The monoisotopic (exact) mass is 434 g/mol. The smallest absolute Gasteiger partial charge is 0.249 e. The summed E-state index contributed by atoms with van der Waals surface area (Å²) in [7, 11) is 0. The third kappa shape index (κ3) is 3.05. The zero-order valence-corrected chi connectivity index (χ0v) is 17.2. The molecule has 0 spiro atoms. The van der Waals surface area contributed by atoms with Crippen molar-refractivity contribution in [1.82, 2.24) is 4.57 Å². The van der Waals surface area contributed by atoms with Gasteiger partial charge >= 0.3 is 0 Å². The average molecular weight is 435 g/mol. The van der Waals surface area contributed by atoms with Gasteiger partial charge in [-0.2, -0.15) is 0 Å². The second-order valence-electron chi connectivity index (χ2n) is 7.10. The van der Waals surface area contributed by atoms with E-state index in [1.165, 1.54) is 0 Å². The van der Waals surface area contributed by atoms with Gasteiger partial charge in [-0.25, -0.2) is 0 Å². The van der Waals surface area contributed by atoms with Gasteiger partial charge in [0.15, 0.2) is 0 Å². The highest BCUT2D eigenvalue weighted by Gasteiger charge is 2.18. The normalized spacial score (nSPS) is 11.4. The molecule has 1 amide bonds. The number of carbonyl (C=O) groups excluding carboxylic acids is 1. The van der Waals surface area contributed by atoms with Gasteiger partial charge in [0.05, 0.1) is 17.3 Å². The summed E-state index contributed by atoms with van der Waals surface area (Å²) in [6, 6.07) is 20.9. The molecule has 148 valence electrons. The van der Waals surface area contributed by atoms with Gasteiger partial charge in [0, 0.05) is 38.5 Å². The van der Waals surface area contributed by atoms with E-state index in [2.05, 4.69) is 10.6 Å². The van der Waals surface area contributed by atoms with E-state index in [1.807, 2.05) is 48.5 Å². The summed E-state index contributed by atoms with van der Waals surface area (Å²) in [6.07, 6.45) is 1.65. The quantitative estimate of drug-likeness (QED) is 0.350. The van der Waals surface area contributed by atoms with E-state index in [4.69, 9.17) is 33.4 Å². The Morgan fingerprint density at radius 1 is 0.967 bits per heavy atom. The van der Waals surface area contributed by atoms with Crippen LogP contribution in [0.5, 0.6) is 0 Å². The van der Waals surface area contributed by atoms with E-state index < -0.39 is 5.91 Å². The third-order valence-electron chi connectivity index (χ3n) is 5.31. The van der Waals surface area contributed by atoms with Gasteiger partial charge in [-0.1, -0.05) is 47.5 Å². The first-order valence-electron chi connectivity index (χ1n) is 9.35. The standard InChI is InChI=1S/C24H16Cl2N2O2/c25-16-8-6-15(19(26)12-16)13-28-20-4-1-3-18(24(27)29)23(20)17-9-7-14(11-21(17)28)22-5-2-10-30-22/h1-12H,13H2,(H2,27,29). The number of primary amides is 1. The van der Waals surface area contributed by atoms with Gasteiger partial charge in [-0.3, -0.25) is 4.79 Å². The van der Waals surface area contributed by atoms with Gasteiger partial charge < -0.3 is 14.7 Å². The van der Waals surface area contributed by atoms with Crippen molar-refractivity contribution in [3.63, 3.8) is 0 Å². The van der Waals surface area contributed by atoms with Crippen LogP contribution in [0, 0.1) is 0 Å². The maximum absolute atomic E-state index is 12.1. The summed E-state index contributed by atoms with van der Waals surface area (Å²) in [4.78, 5) is 12.1. The second kappa shape index (κ2) is 7.24. The number of hydrogen-bond donors (Lipinski definition) is 1. The zero-order valence-electron chi connectivity index (χ0n) is 15.7. The van der Waals surface area contributed by atoms with E-state index in [1.54, 1.807) is 18.4 Å². The van der Waals surface area contributed by atoms with Crippen LogP contribution in [0.2, 0.25) is 10.0 Å². The first kappa shape index (κ1) is 18.8. The summed E-state index contributed by atoms with van der Waals surface area (Å²) in [6.45, 7) is 0.514. The molecule has 0 aliphatic carbocycles. The molecule has 30 heavy (non-hydrogen) atoms. The molecule has 0 unspecified atom stereocenters. The molecule has 0 saturated carbocycles. The van der Waals surface area contributed by atoms with Crippen LogP contribution in [0.1, 0.15) is 15.9 Å². The summed E-state index contributed by atoms with van der Waals surface area (Å²) in [5, 5.41) is 2.95. The van der Waals surface area contributed by atoms with Gasteiger partial charge in [0.2, 0.25) is 5.91 Å². The lowest BCUT2D eigenvalue weighted by molar-refractivity contribution is 0.100. The molecule has 6 heteroatoms. The van der Waals surface area contributed by atoms with E-state index in [0.29, 0.717) is 22.2 Å². The number of fused-ring (bicyclic) bond motifs is 3. The van der Waals surface area contributed by atoms with Crippen molar-refractivity contribution < 1.29 is 9.21 Å². The molecule has 2 heterocycles. The molecule has 5 aromatic rings. The first-order valence-corrected chi connectivity index (χ1v) is 10.1. The Bertz CT molecular complexity index is 1420. The van der Waals surface area contributed by atoms with Gasteiger partial charge in [0.1, 0.15) is 5.76 Å². The molecule has 2 N–H and O–H groups in total. The van der Waals surface area contributed by atoms with Gasteiger partial charge in [-0.15, -0.1) is 0 Å². The number of nitrogens with two attached hydrogens (primary N) is 1. The van der Waals surface area contributed by atoms with Crippen molar-refractivity contribution in [3.05, 3.63) is 94.2 Å². The summed E-state index contributed by atoms with van der Waals surface area (Å²) >= 11 is 12.5.